The topological polar surface area (TPSA) is 89.3 Å². The summed E-state index contributed by atoms with van der Waals surface area (Å²) in [7, 11) is -3.85. The lowest BCUT2D eigenvalue weighted by Gasteiger charge is -2.12. The highest BCUT2D eigenvalue weighted by Gasteiger charge is 2.14. The van der Waals surface area contributed by atoms with Gasteiger partial charge in [-0.2, -0.15) is 0 Å². The molecule has 0 atom stereocenters. The average Bonchev–Trinajstić information content (AvgIpc) is 2.50. The first-order chi connectivity index (χ1) is 11.2. The molecule has 0 saturated heterocycles. The molecule has 24 heavy (non-hydrogen) atoms. The van der Waals surface area contributed by atoms with E-state index in [2.05, 4.69) is 5.32 Å². The predicted molar refractivity (Wildman–Crippen MR) is 93.0 cm³/mol. The van der Waals surface area contributed by atoms with Crippen molar-refractivity contribution in [3.05, 3.63) is 53.3 Å². The highest BCUT2D eigenvalue weighted by molar-refractivity contribution is 8.00. The average molecular weight is 368 g/mol. The second-order valence-electron chi connectivity index (χ2n) is 5.25. The summed E-state index contributed by atoms with van der Waals surface area (Å²) in [5, 5.41) is 7.84. The standard InChI is InChI=1S/C16H17FN2O3S2/c1-10-7-14(24(18,21)22)8-15(11(10)2)19-16(20)9-23-13-5-3-12(17)4-6-13/h3-8H,9H2,1-2H3,(H,19,20)(H2,18,21,22). The number of rotatable bonds is 5. The smallest absolute Gasteiger partial charge is 0.238 e. The first-order valence-electron chi connectivity index (χ1n) is 6.99. The SMILES string of the molecule is Cc1cc(S(N)(=O)=O)cc(NC(=O)CSc2ccc(F)cc2)c1C. The van der Waals surface area contributed by atoms with E-state index in [9.17, 15) is 17.6 Å². The molecule has 2 rings (SSSR count). The number of sulfonamides is 1. The van der Waals surface area contributed by atoms with Gasteiger partial charge in [0.1, 0.15) is 5.82 Å². The number of carbonyl (C=O) groups excluding carboxylic acids is 1. The van der Waals surface area contributed by atoms with E-state index < -0.39 is 10.0 Å². The number of nitrogens with one attached hydrogen (secondary N) is 1. The van der Waals surface area contributed by atoms with E-state index in [1.807, 2.05) is 0 Å². The molecule has 0 radical (unpaired) electrons. The van der Waals surface area contributed by atoms with Gasteiger partial charge in [0.2, 0.25) is 15.9 Å². The van der Waals surface area contributed by atoms with Crippen LogP contribution in [0.1, 0.15) is 11.1 Å². The molecule has 0 spiro atoms. The van der Waals surface area contributed by atoms with Gasteiger partial charge < -0.3 is 5.32 Å². The third-order valence-electron chi connectivity index (χ3n) is 3.43. The maximum atomic E-state index is 12.8. The minimum Gasteiger partial charge on any atom is -0.325 e. The molecule has 2 aromatic rings. The Morgan fingerprint density at radius 3 is 2.42 bits per heavy atom. The lowest BCUT2D eigenvalue weighted by Crippen LogP contribution is -2.17. The second kappa shape index (κ2) is 7.33. The van der Waals surface area contributed by atoms with E-state index in [0.717, 1.165) is 10.5 Å². The van der Waals surface area contributed by atoms with Gasteiger partial charge >= 0.3 is 0 Å². The van der Waals surface area contributed by atoms with Gasteiger partial charge in [0.15, 0.2) is 0 Å². The van der Waals surface area contributed by atoms with Crippen molar-refractivity contribution in [1.29, 1.82) is 0 Å². The normalized spacial score (nSPS) is 11.3. The fourth-order valence-electron chi connectivity index (χ4n) is 1.99. The molecule has 0 aliphatic heterocycles. The number of benzene rings is 2. The molecule has 0 unspecified atom stereocenters. The summed E-state index contributed by atoms with van der Waals surface area (Å²) in [5.41, 5.74) is 1.88. The van der Waals surface area contributed by atoms with Crippen molar-refractivity contribution in [3.63, 3.8) is 0 Å². The van der Waals surface area contributed by atoms with Crippen molar-refractivity contribution >= 4 is 33.4 Å². The van der Waals surface area contributed by atoms with Crippen molar-refractivity contribution in [2.24, 2.45) is 5.14 Å². The van der Waals surface area contributed by atoms with Crippen molar-refractivity contribution in [2.75, 3.05) is 11.1 Å². The van der Waals surface area contributed by atoms with Crippen LogP contribution in [0.4, 0.5) is 10.1 Å². The first kappa shape index (κ1) is 18.4. The molecule has 8 heteroatoms. The third-order valence-corrected chi connectivity index (χ3v) is 5.33. The molecule has 5 nitrogen and oxygen atoms in total. The number of hydrogen-bond donors (Lipinski definition) is 2. The number of thioether (sulfide) groups is 1. The van der Waals surface area contributed by atoms with Crippen molar-refractivity contribution in [1.82, 2.24) is 0 Å². The van der Waals surface area contributed by atoms with E-state index in [4.69, 9.17) is 5.14 Å². The minimum atomic E-state index is -3.85. The third kappa shape index (κ3) is 4.80. The molecule has 0 aliphatic rings. The Balaban J connectivity index is 2.11. The Kier molecular flexibility index (Phi) is 5.63. The number of halogens is 1. The molecule has 128 valence electrons. The summed E-state index contributed by atoms with van der Waals surface area (Å²) in [6, 6.07) is 8.63. The maximum Gasteiger partial charge on any atom is 0.238 e. The van der Waals surface area contributed by atoms with Crippen LogP contribution in [-0.2, 0) is 14.8 Å². The van der Waals surface area contributed by atoms with Crippen LogP contribution in [0.5, 0.6) is 0 Å². The van der Waals surface area contributed by atoms with Gasteiger partial charge in [-0.25, -0.2) is 17.9 Å². The van der Waals surface area contributed by atoms with Gasteiger partial charge in [-0.3, -0.25) is 4.79 Å². The molecule has 1 amide bonds. The summed E-state index contributed by atoms with van der Waals surface area (Å²) < 4.78 is 35.8. The summed E-state index contributed by atoms with van der Waals surface area (Å²) >= 11 is 1.25. The van der Waals surface area contributed by atoms with E-state index >= 15 is 0 Å². The van der Waals surface area contributed by atoms with Gasteiger partial charge in [0, 0.05) is 10.6 Å². The fourth-order valence-corrected chi connectivity index (χ4v) is 3.31. The highest BCUT2D eigenvalue weighted by Crippen LogP contribution is 2.24. The zero-order valence-corrected chi connectivity index (χ0v) is 14.8. The number of anilines is 1. The number of aryl methyl sites for hydroxylation is 1. The Morgan fingerprint density at radius 2 is 1.83 bits per heavy atom. The van der Waals surface area contributed by atoms with Gasteiger partial charge in [0.25, 0.3) is 0 Å². The monoisotopic (exact) mass is 368 g/mol. The van der Waals surface area contributed by atoms with Crippen molar-refractivity contribution in [3.8, 4) is 0 Å². The fraction of sp³-hybridized carbons (Fsp3) is 0.188. The Morgan fingerprint density at radius 1 is 1.21 bits per heavy atom. The molecule has 0 aliphatic carbocycles. The predicted octanol–water partition coefficient (Wildman–Crippen LogP) is 2.82. The van der Waals surface area contributed by atoms with E-state index in [1.165, 1.54) is 36.0 Å². The van der Waals surface area contributed by atoms with Gasteiger partial charge in [-0.1, -0.05) is 0 Å². The van der Waals surface area contributed by atoms with Crippen LogP contribution in [0.3, 0.4) is 0 Å². The number of carbonyl (C=O) groups is 1. The number of nitrogens with two attached hydrogens (primary N) is 1. The van der Waals surface area contributed by atoms with Crippen LogP contribution in [-0.4, -0.2) is 20.1 Å². The molecule has 3 N–H and O–H groups in total. The molecule has 0 aromatic heterocycles. The number of amides is 1. The lowest BCUT2D eigenvalue weighted by atomic mass is 10.1. The van der Waals surface area contributed by atoms with E-state index in [-0.39, 0.29) is 22.4 Å². The molecule has 0 bridgehead atoms. The summed E-state index contributed by atoms with van der Waals surface area (Å²) in [6.45, 7) is 3.53. The summed E-state index contributed by atoms with van der Waals surface area (Å²) in [5.74, 6) is -0.517. The Labute approximate surface area is 144 Å². The number of primary sulfonamides is 1. The molecule has 0 fully saturated rings. The highest BCUT2D eigenvalue weighted by atomic mass is 32.2. The first-order valence-corrected chi connectivity index (χ1v) is 9.52. The lowest BCUT2D eigenvalue weighted by molar-refractivity contribution is -0.113. The maximum absolute atomic E-state index is 12.8. The summed E-state index contributed by atoms with van der Waals surface area (Å²) in [4.78, 5) is 12.8. The van der Waals surface area contributed by atoms with Crippen LogP contribution < -0.4 is 10.5 Å². The molecular formula is C16H17FN2O3S2. The van der Waals surface area contributed by atoms with Crippen LogP contribution in [0.2, 0.25) is 0 Å². The van der Waals surface area contributed by atoms with E-state index in [0.29, 0.717) is 11.3 Å². The van der Waals surface area contributed by atoms with Gasteiger partial charge in [-0.05, 0) is 61.4 Å². The minimum absolute atomic E-state index is 0.0490. The van der Waals surface area contributed by atoms with E-state index in [1.54, 1.807) is 26.0 Å². The zero-order valence-electron chi connectivity index (χ0n) is 13.2. The van der Waals surface area contributed by atoms with Crippen LogP contribution >= 0.6 is 11.8 Å². The molecule has 2 aromatic carbocycles. The quantitative estimate of drug-likeness (QED) is 0.794. The van der Waals surface area contributed by atoms with Gasteiger partial charge in [-0.15, -0.1) is 11.8 Å². The van der Waals surface area contributed by atoms with Crippen LogP contribution in [0, 0.1) is 19.7 Å². The summed E-state index contributed by atoms with van der Waals surface area (Å²) in [6.07, 6.45) is 0. The Bertz CT molecular complexity index is 866. The Hall–Kier alpha value is -1.90. The van der Waals surface area contributed by atoms with Gasteiger partial charge in [0.05, 0.1) is 10.6 Å². The molecule has 0 saturated carbocycles. The van der Waals surface area contributed by atoms with Crippen molar-refractivity contribution in [2.45, 2.75) is 23.6 Å². The largest absolute Gasteiger partial charge is 0.325 e. The molecular weight excluding hydrogens is 351 g/mol. The van der Waals surface area contributed by atoms with Crippen molar-refractivity contribution < 1.29 is 17.6 Å². The zero-order chi connectivity index (χ0) is 17.9. The van der Waals surface area contributed by atoms with Crippen LogP contribution in [0.15, 0.2) is 46.2 Å². The van der Waals surface area contributed by atoms with Crippen LogP contribution in [0.25, 0.3) is 0 Å². The molecule has 0 heterocycles. The number of hydrogen-bond acceptors (Lipinski definition) is 4. The second-order valence-corrected chi connectivity index (χ2v) is 7.86.